The van der Waals surface area contributed by atoms with Crippen LogP contribution in [0.25, 0.3) is 0 Å². The zero-order chi connectivity index (χ0) is 10.9. The largest absolute Gasteiger partial charge is 0.306 e. The van der Waals surface area contributed by atoms with Gasteiger partial charge in [-0.05, 0) is 0 Å². The Morgan fingerprint density at radius 3 is 2.57 bits per heavy atom. The second-order valence-electron chi connectivity index (χ2n) is 2.22. The summed E-state index contributed by atoms with van der Waals surface area (Å²) in [5.74, 6) is -1.50. The molecule has 1 rings (SSSR count). The van der Waals surface area contributed by atoms with Crippen molar-refractivity contribution in [2.24, 2.45) is 0 Å². The van der Waals surface area contributed by atoms with Gasteiger partial charge in [-0.1, -0.05) is 11.6 Å². The highest BCUT2D eigenvalue weighted by molar-refractivity contribution is 6.33. The third-order valence-corrected chi connectivity index (χ3v) is 1.80. The van der Waals surface area contributed by atoms with Gasteiger partial charge in [-0.3, -0.25) is 10.1 Å². The van der Waals surface area contributed by atoms with E-state index in [2.05, 4.69) is 4.98 Å². The standard InChI is InChI=1S/C6H2ClF3N2O2/c7-4-2(12(13)14)1-11-6(10)3(4)5(8)9/h1,5H. The summed E-state index contributed by atoms with van der Waals surface area (Å²) in [7, 11) is 0. The molecular formula is C6H2ClF3N2O2. The van der Waals surface area contributed by atoms with E-state index in [1.54, 1.807) is 0 Å². The van der Waals surface area contributed by atoms with Crippen LogP contribution in [0, 0.1) is 16.1 Å². The zero-order valence-corrected chi connectivity index (χ0v) is 7.13. The lowest BCUT2D eigenvalue weighted by Gasteiger charge is -2.03. The van der Waals surface area contributed by atoms with Gasteiger partial charge in [0.25, 0.3) is 6.43 Å². The van der Waals surface area contributed by atoms with Gasteiger partial charge in [-0.15, -0.1) is 0 Å². The lowest BCUT2D eigenvalue weighted by Crippen LogP contribution is -2.00. The van der Waals surface area contributed by atoms with Crippen LogP contribution in [0.1, 0.15) is 12.0 Å². The molecule has 0 aromatic carbocycles. The second-order valence-corrected chi connectivity index (χ2v) is 2.60. The highest BCUT2D eigenvalue weighted by Gasteiger charge is 2.26. The van der Waals surface area contributed by atoms with Crippen molar-refractivity contribution in [3.05, 3.63) is 32.8 Å². The van der Waals surface area contributed by atoms with E-state index in [1.165, 1.54) is 0 Å². The predicted molar refractivity (Wildman–Crippen MR) is 40.8 cm³/mol. The van der Waals surface area contributed by atoms with Crippen LogP contribution >= 0.6 is 11.6 Å². The van der Waals surface area contributed by atoms with Crippen LogP contribution in [0.4, 0.5) is 18.9 Å². The lowest BCUT2D eigenvalue weighted by molar-refractivity contribution is -0.385. The summed E-state index contributed by atoms with van der Waals surface area (Å²) in [6.07, 6.45) is -2.75. The van der Waals surface area contributed by atoms with Gasteiger partial charge >= 0.3 is 5.69 Å². The summed E-state index contributed by atoms with van der Waals surface area (Å²) >= 11 is 5.20. The number of nitrogens with zero attached hydrogens (tertiary/aromatic N) is 2. The molecule has 14 heavy (non-hydrogen) atoms. The Bertz CT molecular complexity index is 386. The average Bonchev–Trinajstić information content (AvgIpc) is 2.02. The summed E-state index contributed by atoms with van der Waals surface area (Å²) < 4.78 is 36.9. The number of hydrogen-bond donors (Lipinski definition) is 0. The molecule has 0 radical (unpaired) electrons. The SMILES string of the molecule is O=[N+]([O-])c1cnc(F)c(C(F)F)c1Cl. The van der Waals surface area contributed by atoms with E-state index in [4.69, 9.17) is 11.6 Å². The zero-order valence-electron chi connectivity index (χ0n) is 6.38. The maximum absolute atomic E-state index is 12.6. The Morgan fingerprint density at radius 2 is 2.14 bits per heavy atom. The quantitative estimate of drug-likeness (QED) is 0.443. The first kappa shape index (κ1) is 10.7. The van der Waals surface area contributed by atoms with Crippen molar-refractivity contribution in [1.29, 1.82) is 0 Å². The molecule has 1 aromatic rings. The van der Waals surface area contributed by atoms with E-state index in [1.807, 2.05) is 0 Å². The van der Waals surface area contributed by atoms with Crippen molar-refractivity contribution in [1.82, 2.24) is 4.98 Å². The van der Waals surface area contributed by atoms with Gasteiger partial charge in [0.05, 0.1) is 10.5 Å². The van der Waals surface area contributed by atoms with E-state index in [0.717, 1.165) is 0 Å². The number of rotatable bonds is 2. The summed E-state index contributed by atoms with van der Waals surface area (Å²) in [6.45, 7) is 0. The van der Waals surface area contributed by atoms with Crippen LogP contribution in [-0.4, -0.2) is 9.91 Å². The van der Waals surface area contributed by atoms with Gasteiger partial charge in [0.15, 0.2) is 0 Å². The molecule has 0 aliphatic heterocycles. The van der Waals surface area contributed by atoms with Crippen molar-refractivity contribution < 1.29 is 18.1 Å². The fourth-order valence-electron chi connectivity index (χ4n) is 0.786. The fraction of sp³-hybridized carbons (Fsp3) is 0.167. The van der Waals surface area contributed by atoms with Crippen molar-refractivity contribution in [3.8, 4) is 0 Å². The van der Waals surface area contributed by atoms with Crippen LogP contribution in [0.3, 0.4) is 0 Å². The number of hydrogen-bond acceptors (Lipinski definition) is 3. The van der Waals surface area contributed by atoms with E-state index in [9.17, 15) is 23.3 Å². The number of halogens is 4. The number of alkyl halides is 2. The highest BCUT2D eigenvalue weighted by atomic mass is 35.5. The van der Waals surface area contributed by atoms with Crippen molar-refractivity contribution in [3.63, 3.8) is 0 Å². The molecule has 1 aromatic heterocycles. The predicted octanol–water partition coefficient (Wildman–Crippen LogP) is 2.72. The summed E-state index contributed by atoms with van der Waals surface area (Å²) in [5.41, 5.74) is -2.09. The Labute approximate surface area is 80.5 Å². The molecule has 76 valence electrons. The highest BCUT2D eigenvalue weighted by Crippen LogP contribution is 2.34. The number of aromatic nitrogens is 1. The Balaban J connectivity index is 3.41. The first-order valence-corrected chi connectivity index (χ1v) is 3.59. The Kier molecular flexibility index (Phi) is 2.90. The van der Waals surface area contributed by atoms with Gasteiger partial charge in [-0.2, -0.15) is 4.39 Å². The van der Waals surface area contributed by atoms with Gasteiger partial charge in [0.2, 0.25) is 5.95 Å². The molecule has 0 spiro atoms. The van der Waals surface area contributed by atoms with Crippen LogP contribution in [0.2, 0.25) is 5.02 Å². The van der Waals surface area contributed by atoms with Crippen LogP contribution in [0.15, 0.2) is 6.20 Å². The van der Waals surface area contributed by atoms with Gasteiger partial charge in [-0.25, -0.2) is 13.8 Å². The van der Waals surface area contributed by atoms with Crippen molar-refractivity contribution in [2.45, 2.75) is 6.43 Å². The maximum Gasteiger partial charge on any atom is 0.306 e. The normalized spacial score (nSPS) is 10.6. The van der Waals surface area contributed by atoms with Gasteiger partial charge in [0.1, 0.15) is 11.2 Å². The fourth-order valence-corrected chi connectivity index (χ4v) is 1.06. The Morgan fingerprint density at radius 1 is 1.57 bits per heavy atom. The average molecular weight is 227 g/mol. The minimum Gasteiger partial charge on any atom is -0.258 e. The monoisotopic (exact) mass is 226 g/mol. The molecule has 0 saturated heterocycles. The van der Waals surface area contributed by atoms with E-state index in [0.29, 0.717) is 6.20 Å². The smallest absolute Gasteiger partial charge is 0.258 e. The molecule has 0 fully saturated rings. The Hall–Kier alpha value is -1.37. The third kappa shape index (κ3) is 1.77. The molecular weight excluding hydrogens is 225 g/mol. The van der Waals surface area contributed by atoms with E-state index >= 15 is 0 Å². The molecule has 4 nitrogen and oxygen atoms in total. The molecule has 0 aliphatic rings. The molecule has 0 unspecified atom stereocenters. The summed E-state index contributed by atoms with van der Waals surface area (Å²) in [4.78, 5) is 12.0. The first-order chi connectivity index (χ1) is 6.45. The summed E-state index contributed by atoms with van der Waals surface area (Å²) in [6, 6.07) is 0. The lowest BCUT2D eigenvalue weighted by atomic mass is 10.2. The minimum atomic E-state index is -3.24. The van der Waals surface area contributed by atoms with Crippen LogP contribution in [0.5, 0.6) is 0 Å². The van der Waals surface area contributed by atoms with Crippen LogP contribution in [-0.2, 0) is 0 Å². The number of nitro groups is 1. The molecule has 0 aliphatic carbocycles. The van der Waals surface area contributed by atoms with Gasteiger partial charge in [0, 0.05) is 0 Å². The van der Waals surface area contributed by atoms with Crippen LogP contribution < -0.4 is 0 Å². The second kappa shape index (κ2) is 3.79. The third-order valence-electron chi connectivity index (χ3n) is 1.40. The van der Waals surface area contributed by atoms with Gasteiger partial charge < -0.3 is 0 Å². The first-order valence-electron chi connectivity index (χ1n) is 3.21. The summed E-state index contributed by atoms with van der Waals surface area (Å²) in [5, 5.41) is 9.30. The molecule has 0 atom stereocenters. The van der Waals surface area contributed by atoms with E-state index in [-0.39, 0.29) is 0 Å². The molecule has 0 N–H and O–H groups in total. The minimum absolute atomic E-state index is 0.490. The van der Waals surface area contributed by atoms with Crippen molar-refractivity contribution in [2.75, 3.05) is 0 Å². The molecule has 8 heteroatoms. The van der Waals surface area contributed by atoms with E-state index < -0.39 is 33.6 Å². The van der Waals surface area contributed by atoms with Crippen molar-refractivity contribution >= 4 is 17.3 Å². The topological polar surface area (TPSA) is 56.0 Å². The maximum atomic E-state index is 12.6. The molecule has 0 bridgehead atoms. The molecule has 1 heterocycles. The molecule has 0 amide bonds. The molecule has 0 saturated carbocycles. The number of pyridine rings is 1.